The fourth-order valence-corrected chi connectivity index (χ4v) is 3.16. The lowest BCUT2D eigenvalue weighted by atomic mass is 10.3. The second-order valence-corrected chi connectivity index (χ2v) is 7.30. The molecule has 0 aromatic heterocycles. The molecular weight excluding hydrogens is 356 g/mol. The minimum absolute atomic E-state index is 0.0938. The molecule has 26 heavy (non-hydrogen) atoms. The Morgan fingerprint density at radius 2 is 1.65 bits per heavy atom. The van der Waals surface area contributed by atoms with Crippen LogP contribution in [0.15, 0.2) is 54.6 Å². The van der Waals surface area contributed by atoms with Crippen molar-refractivity contribution in [1.82, 2.24) is 5.32 Å². The number of carbonyl (C=O) groups is 1. The molecule has 0 radical (unpaired) electrons. The minimum Gasteiger partial charge on any atom is -0.457 e. The van der Waals surface area contributed by atoms with Gasteiger partial charge in [0.25, 0.3) is 0 Å². The molecule has 2 rings (SSSR count). The van der Waals surface area contributed by atoms with E-state index in [4.69, 9.17) is 9.47 Å². The number of para-hydroxylation sites is 1. The molecule has 7 nitrogen and oxygen atoms in total. The van der Waals surface area contributed by atoms with E-state index >= 15 is 0 Å². The molecule has 0 atom stereocenters. The van der Waals surface area contributed by atoms with Crippen LogP contribution in [0, 0.1) is 0 Å². The van der Waals surface area contributed by atoms with Crippen LogP contribution >= 0.6 is 0 Å². The second kappa shape index (κ2) is 9.10. The van der Waals surface area contributed by atoms with Gasteiger partial charge < -0.3 is 14.8 Å². The smallest absolute Gasteiger partial charge is 0.407 e. The molecule has 0 aliphatic rings. The standard InChI is InChI=1S/C18H22N2O5S/c1-3-24-18(21)19-13-14-20(26(2,22)23)15-9-11-17(12-10-15)25-16-7-5-4-6-8-16/h4-12H,3,13-14H2,1-2H3,(H,19,21). The van der Waals surface area contributed by atoms with Gasteiger partial charge in [0.2, 0.25) is 10.0 Å². The first-order valence-electron chi connectivity index (χ1n) is 8.11. The molecule has 0 bridgehead atoms. The average Bonchev–Trinajstić information content (AvgIpc) is 2.60. The number of sulfonamides is 1. The van der Waals surface area contributed by atoms with E-state index in [1.54, 1.807) is 31.2 Å². The van der Waals surface area contributed by atoms with Gasteiger partial charge in [0.15, 0.2) is 0 Å². The number of amides is 1. The first kappa shape index (κ1) is 19.6. The Morgan fingerprint density at radius 3 is 2.23 bits per heavy atom. The Bertz CT molecular complexity index is 807. The number of hydrogen-bond donors (Lipinski definition) is 1. The zero-order chi connectivity index (χ0) is 19.0. The summed E-state index contributed by atoms with van der Waals surface area (Å²) in [5.41, 5.74) is 0.485. The molecule has 140 valence electrons. The van der Waals surface area contributed by atoms with Gasteiger partial charge in [-0.2, -0.15) is 0 Å². The summed E-state index contributed by atoms with van der Waals surface area (Å²) in [4.78, 5) is 11.3. The molecule has 0 heterocycles. The van der Waals surface area contributed by atoms with Crippen molar-refractivity contribution in [2.75, 3.05) is 30.3 Å². The molecule has 0 unspecified atom stereocenters. The normalized spacial score (nSPS) is 10.8. The molecule has 8 heteroatoms. The number of benzene rings is 2. The quantitative estimate of drug-likeness (QED) is 0.763. The third-order valence-electron chi connectivity index (χ3n) is 3.36. The van der Waals surface area contributed by atoms with Crippen molar-refractivity contribution in [3.8, 4) is 11.5 Å². The number of ether oxygens (including phenoxy) is 2. The average molecular weight is 378 g/mol. The minimum atomic E-state index is -3.50. The molecule has 1 N–H and O–H groups in total. The van der Waals surface area contributed by atoms with E-state index in [-0.39, 0.29) is 19.7 Å². The Kier molecular flexibility index (Phi) is 6.85. The van der Waals surface area contributed by atoms with E-state index in [1.165, 1.54) is 4.31 Å². The van der Waals surface area contributed by atoms with E-state index in [1.807, 2.05) is 30.3 Å². The molecule has 0 saturated carbocycles. The van der Waals surface area contributed by atoms with Crippen molar-refractivity contribution < 1.29 is 22.7 Å². The monoisotopic (exact) mass is 378 g/mol. The highest BCUT2D eigenvalue weighted by atomic mass is 32.2. The first-order valence-corrected chi connectivity index (χ1v) is 9.96. The van der Waals surface area contributed by atoms with Gasteiger partial charge in [0.05, 0.1) is 25.1 Å². The zero-order valence-corrected chi connectivity index (χ0v) is 15.5. The molecule has 2 aromatic carbocycles. The maximum absolute atomic E-state index is 12.1. The summed E-state index contributed by atoms with van der Waals surface area (Å²) in [6.07, 6.45) is 0.540. The molecule has 0 aliphatic heterocycles. The molecule has 0 fully saturated rings. The maximum Gasteiger partial charge on any atom is 0.407 e. The van der Waals surface area contributed by atoms with Gasteiger partial charge in [-0.1, -0.05) is 18.2 Å². The van der Waals surface area contributed by atoms with E-state index in [0.29, 0.717) is 17.2 Å². The van der Waals surface area contributed by atoms with Crippen LogP contribution in [0.25, 0.3) is 0 Å². The SMILES string of the molecule is CCOC(=O)NCCN(c1ccc(Oc2ccccc2)cc1)S(C)(=O)=O. The number of alkyl carbamates (subject to hydrolysis) is 1. The summed E-state index contributed by atoms with van der Waals surface area (Å²) in [6.45, 7) is 2.18. The van der Waals surface area contributed by atoms with Crippen molar-refractivity contribution in [3.05, 3.63) is 54.6 Å². The Hall–Kier alpha value is -2.74. The molecular formula is C18H22N2O5S. The van der Waals surface area contributed by atoms with Crippen molar-refractivity contribution in [2.45, 2.75) is 6.92 Å². The number of carbonyl (C=O) groups excluding carboxylic acids is 1. The van der Waals surface area contributed by atoms with Gasteiger partial charge >= 0.3 is 6.09 Å². The molecule has 2 aromatic rings. The van der Waals surface area contributed by atoms with Crippen LogP contribution in [0.3, 0.4) is 0 Å². The first-order chi connectivity index (χ1) is 12.4. The summed E-state index contributed by atoms with van der Waals surface area (Å²) in [5.74, 6) is 1.29. The second-order valence-electron chi connectivity index (χ2n) is 5.39. The topological polar surface area (TPSA) is 84.9 Å². The van der Waals surface area contributed by atoms with Gasteiger partial charge in [0.1, 0.15) is 11.5 Å². The largest absolute Gasteiger partial charge is 0.457 e. The molecule has 0 saturated heterocycles. The Morgan fingerprint density at radius 1 is 1.04 bits per heavy atom. The van der Waals surface area contributed by atoms with Crippen molar-refractivity contribution in [2.24, 2.45) is 0 Å². The summed E-state index contributed by atoms with van der Waals surface area (Å²) >= 11 is 0. The Labute approximate surface area is 153 Å². The van der Waals surface area contributed by atoms with Crippen LogP contribution in [-0.2, 0) is 14.8 Å². The van der Waals surface area contributed by atoms with Gasteiger partial charge in [0, 0.05) is 6.54 Å². The van der Waals surface area contributed by atoms with E-state index in [0.717, 1.165) is 6.26 Å². The van der Waals surface area contributed by atoms with Crippen LogP contribution in [0.5, 0.6) is 11.5 Å². The number of anilines is 1. The fraction of sp³-hybridized carbons (Fsp3) is 0.278. The highest BCUT2D eigenvalue weighted by Gasteiger charge is 2.17. The fourth-order valence-electron chi connectivity index (χ4n) is 2.23. The lowest BCUT2D eigenvalue weighted by Gasteiger charge is -2.22. The van der Waals surface area contributed by atoms with Gasteiger partial charge in [-0.05, 0) is 43.3 Å². The van der Waals surface area contributed by atoms with E-state index in [9.17, 15) is 13.2 Å². The highest BCUT2D eigenvalue weighted by Crippen LogP contribution is 2.25. The lowest BCUT2D eigenvalue weighted by Crippen LogP contribution is -2.38. The maximum atomic E-state index is 12.1. The number of nitrogens with one attached hydrogen (secondary N) is 1. The predicted octanol–water partition coefficient (Wildman–Crippen LogP) is 2.99. The van der Waals surface area contributed by atoms with Crippen LogP contribution in [0.2, 0.25) is 0 Å². The summed E-state index contributed by atoms with van der Waals surface area (Å²) in [6, 6.07) is 16.0. The van der Waals surface area contributed by atoms with Crippen LogP contribution in [-0.4, -0.2) is 40.5 Å². The zero-order valence-electron chi connectivity index (χ0n) is 14.7. The van der Waals surface area contributed by atoms with Crippen molar-refractivity contribution >= 4 is 21.8 Å². The Balaban J connectivity index is 2.05. The van der Waals surface area contributed by atoms with E-state index in [2.05, 4.69) is 5.32 Å². The highest BCUT2D eigenvalue weighted by molar-refractivity contribution is 7.92. The number of rotatable bonds is 8. The van der Waals surface area contributed by atoms with Crippen LogP contribution in [0.1, 0.15) is 6.92 Å². The van der Waals surface area contributed by atoms with Crippen molar-refractivity contribution in [3.63, 3.8) is 0 Å². The number of nitrogens with zero attached hydrogens (tertiary/aromatic N) is 1. The third kappa shape index (κ3) is 5.96. The molecule has 1 amide bonds. The van der Waals surface area contributed by atoms with Crippen LogP contribution < -0.4 is 14.4 Å². The predicted molar refractivity (Wildman–Crippen MR) is 100 cm³/mol. The lowest BCUT2D eigenvalue weighted by molar-refractivity contribution is 0.152. The number of hydrogen-bond acceptors (Lipinski definition) is 5. The van der Waals surface area contributed by atoms with Gasteiger partial charge in [-0.3, -0.25) is 4.31 Å². The molecule has 0 spiro atoms. The van der Waals surface area contributed by atoms with Crippen LogP contribution in [0.4, 0.5) is 10.5 Å². The summed E-state index contributed by atoms with van der Waals surface area (Å²) in [7, 11) is -3.50. The van der Waals surface area contributed by atoms with Gasteiger partial charge in [-0.25, -0.2) is 13.2 Å². The van der Waals surface area contributed by atoms with Crippen molar-refractivity contribution in [1.29, 1.82) is 0 Å². The van der Waals surface area contributed by atoms with Gasteiger partial charge in [-0.15, -0.1) is 0 Å². The van der Waals surface area contributed by atoms with E-state index < -0.39 is 16.1 Å². The third-order valence-corrected chi connectivity index (χ3v) is 4.56. The molecule has 0 aliphatic carbocycles. The summed E-state index contributed by atoms with van der Waals surface area (Å²) < 4.78 is 35.8. The summed E-state index contributed by atoms with van der Waals surface area (Å²) in [5, 5.41) is 2.51.